The van der Waals surface area contributed by atoms with E-state index in [1.807, 2.05) is 6.08 Å². The second-order valence-corrected chi connectivity index (χ2v) is 9.19. The van der Waals surface area contributed by atoms with Gasteiger partial charge in [0.25, 0.3) is 0 Å². The summed E-state index contributed by atoms with van der Waals surface area (Å²) < 4.78 is 0. The lowest BCUT2D eigenvalue weighted by molar-refractivity contribution is 0.0197. The van der Waals surface area contributed by atoms with Gasteiger partial charge in [-0.05, 0) is 88.9 Å². The number of fused-ring (bicyclic) bond motifs is 4. The Bertz CT molecular complexity index is 723. The molecule has 0 aromatic carbocycles. The van der Waals surface area contributed by atoms with E-state index in [2.05, 4.69) is 37.1 Å². The van der Waals surface area contributed by atoms with Crippen molar-refractivity contribution < 1.29 is 4.79 Å². The van der Waals surface area contributed by atoms with Crippen molar-refractivity contribution in [3.8, 4) is 6.07 Å². The molecule has 0 saturated heterocycles. The van der Waals surface area contributed by atoms with Crippen molar-refractivity contribution in [2.45, 2.75) is 70.8 Å². The number of hydrogen-bond acceptors (Lipinski definition) is 3. The van der Waals surface area contributed by atoms with Crippen molar-refractivity contribution in [1.29, 1.82) is 5.26 Å². The lowest BCUT2D eigenvalue weighted by Crippen LogP contribution is -2.53. The van der Waals surface area contributed by atoms with Gasteiger partial charge in [-0.25, -0.2) is 4.79 Å². The molecule has 0 aromatic heterocycles. The van der Waals surface area contributed by atoms with Crippen LogP contribution in [0.3, 0.4) is 0 Å². The molecule has 4 rings (SSSR count). The summed E-state index contributed by atoms with van der Waals surface area (Å²) >= 11 is 0. The van der Waals surface area contributed by atoms with Crippen LogP contribution in [0.5, 0.6) is 0 Å². The summed E-state index contributed by atoms with van der Waals surface area (Å²) in [5.74, 6) is 1.65. The van der Waals surface area contributed by atoms with Crippen LogP contribution in [-0.2, 0) is 4.79 Å². The van der Waals surface area contributed by atoms with E-state index in [0.29, 0.717) is 11.8 Å². The van der Waals surface area contributed by atoms with E-state index >= 15 is 0 Å². The van der Waals surface area contributed by atoms with Gasteiger partial charge in [-0.2, -0.15) is 10.3 Å². The second kappa shape index (κ2) is 5.96. The predicted molar refractivity (Wildman–Crippen MR) is 97.3 cm³/mol. The third kappa shape index (κ3) is 2.63. The summed E-state index contributed by atoms with van der Waals surface area (Å²) in [5.41, 5.74) is 2.01. The van der Waals surface area contributed by atoms with Gasteiger partial charge in [0.2, 0.25) is 6.08 Å². The molecule has 2 saturated carbocycles. The molecule has 3 nitrogen and oxygen atoms in total. The third-order valence-corrected chi connectivity index (χ3v) is 7.49. The molecule has 25 heavy (non-hydrogen) atoms. The molecular weight excluding hydrogens is 308 g/mol. The van der Waals surface area contributed by atoms with Crippen LogP contribution in [0.15, 0.2) is 28.3 Å². The molecule has 3 heteroatoms. The van der Waals surface area contributed by atoms with Crippen LogP contribution in [0.25, 0.3) is 0 Å². The Morgan fingerprint density at radius 3 is 2.24 bits per heavy atom. The minimum atomic E-state index is -0.494. The molecule has 6 atom stereocenters. The maximum atomic E-state index is 11.3. The number of rotatable bonds is 2. The lowest BCUT2D eigenvalue weighted by Gasteiger charge is -2.55. The number of allylic oxidation sites excluding steroid dienone is 3. The fraction of sp³-hybridized carbons (Fsp3) is 0.727. The van der Waals surface area contributed by atoms with Crippen LogP contribution >= 0.6 is 0 Å². The van der Waals surface area contributed by atoms with Crippen molar-refractivity contribution >= 4 is 6.08 Å². The van der Waals surface area contributed by atoms with Crippen LogP contribution in [0.1, 0.15) is 65.2 Å². The molecule has 0 spiro atoms. The van der Waals surface area contributed by atoms with E-state index in [9.17, 15) is 10.1 Å². The molecule has 2 fully saturated rings. The first-order chi connectivity index (χ1) is 12.0. The van der Waals surface area contributed by atoms with Gasteiger partial charge < -0.3 is 0 Å². The van der Waals surface area contributed by atoms with Crippen LogP contribution in [0, 0.1) is 40.4 Å². The molecule has 6 unspecified atom stereocenters. The van der Waals surface area contributed by atoms with Gasteiger partial charge in [-0.15, -0.1) is 0 Å². The van der Waals surface area contributed by atoms with Gasteiger partial charge in [-0.1, -0.05) is 23.3 Å². The molecule has 4 aliphatic carbocycles. The maximum Gasteiger partial charge on any atom is 0.235 e. The molecule has 0 radical (unpaired) electrons. The smallest absolute Gasteiger partial charge is 0.211 e. The van der Waals surface area contributed by atoms with Gasteiger partial charge in [0.1, 0.15) is 0 Å². The molecule has 132 valence electrons. The number of aliphatic imine (C=N–C) groups is 1. The fourth-order valence-electron chi connectivity index (χ4n) is 6.77. The van der Waals surface area contributed by atoms with Gasteiger partial charge in [0, 0.05) is 0 Å². The molecule has 0 aliphatic heterocycles. The highest BCUT2D eigenvalue weighted by Crippen LogP contribution is 2.59. The summed E-state index contributed by atoms with van der Waals surface area (Å²) in [5, 5.41) is 10.1. The summed E-state index contributed by atoms with van der Waals surface area (Å²) in [6.07, 6.45) is 15.9. The van der Waals surface area contributed by atoms with Gasteiger partial charge in [0.05, 0.1) is 17.0 Å². The quantitative estimate of drug-likeness (QED) is 0.400. The highest BCUT2D eigenvalue weighted by molar-refractivity contribution is 5.39. The maximum absolute atomic E-state index is 11.3. The largest absolute Gasteiger partial charge is 0.235 e. The van der Waals surface area contributed by atoms with E-state index in [-0.39, 0.29) is 11.8 Å². The monoisotopic (exact) mass is 336 g/mol. The summed E-state index contributed by atoms with van der Waals surface area (Å²) in [7, 11) is 0. The van der Waals surface area contributed by atoms with Gasteiger partial charge in [-0.3, -0.25) is 0 Å². The Balaban J connectivity index is 1.85. The van der Waals surface area contributed by atoms with Crippen molar-refractivity contribution in [3.63, 3.8) is 0 Å². The first kappa shape index (κ1) is 16.8. The van der Waals surface area contributed by atoms with E-state index in [0.717, 1.165) is 25.7 Å². The predicted octanol–water partition coefficient (Wildman–Crippen LogP) is 5.10. The normalized spacial score (nSPS) is 45.5. The molecule has 0 amide bonds. The van der Waals surface area contributed by atoms with E-state index in [1.165, 1.54) is 36.8 Å². The third-order valence-electron chi connectivity index (χ3n) is 7.49. The standard InChI is InChI=1S/C22H28N2O/c1-21(13-23)11-15-5-3-7-17(9-15)19(21)20-18-8-4-6-16(10-18)12-22(20,2)24-14-25/h11-12,17-20H,3-10H2,1-2H3. The summed E-state index contributed by atoms with van der Waals surface area (Å²) in [4.78, 5) is 15.6. The molecule has 0 N–H and O–H groups in total. The zero-order valence-electron chi connectivity index (χ0n) is 15.4. The van der Waals surface area contributed by atoms with Crippen molar-refractivity contribution in [3.05, 3.63) is 23.3 Å². The first-order valence-electron chi connectivity index (χ1n) is 9.90. The van der Waals surface area contributed by atoms with Crippen LogP contribution in [-0.4, -0.2) is 11.6 Å². The van der Waals surface area contributed by atoms with Crippen LogP contribution < -0.4 is 0 Å². The fourth-order valence-corrected chi connectivity index (χ4v) is 6.77. The molecule has 0 heterocycles. The average Bonchev–Trinajstić information content (AvgIpc) is 2.58. The number of isocyanates is 1. The van der Waals surface area contributed by atoms with Crippen LogP contribution in [0.4, 0.5) is 0 Å². The molecule has 0 aromatic rings. The van der Waals surface area contributed by atoms with E-state index in [4.69, 9.17) is 0 Å². The summed E-state index contributed by atoms with van der Waals surface area (Å²) in [6, 6.07) is 2.67. The van der Waals surface area contributed by atoms with Crippen LogP contribution in [0.2, 0.25) is 0 Å². The van der Waals surface area contributed by atoms with Gasteiger partial charge in [0.15, 0.2) is 0 Å². The molecule has 4 aliphatic rings. The zero-order chi connectivity index (χ0) is 17.7. The number of hydrogen-bond donors (Lipinski definition) is 0. The van der Waals surface area contributed by atoms with Gasteiger partial charge >= 0.3 is 0 Å². The first-order valence-corrected chi connectivity index (χ1v) is 9.90. The average molecular weight is 336 g/mol. The number of nitriles is 1. The van der Waals surface area contributed by atoms with E-state index < -0.39 is 11.0 Å². The number of carbonyl (C=O) groups excluding carboxylic acids is 1. The van der Waals surface area contributed by atoms with Crippen molar-refractivity contribution in [2.75, 3.05) is 0 Å². The lowest BCUT2D eigenvalue weighted by atomic mass is 9.49. The van der Waals surface area contributed by atoms with E-state index in [1.54, 1.807) is 0 Å². The van der Waals surface area contributed by atoms with Crippen molar-refractivity contribution in [1.82, 2.24) is 0 Å². The Morgan fingerprint density at radius 2 is 1.64 bits per heavy atom. The Hall–Kier alpha value is -1.65. The van der Waals surface area contributed by atoms with Crippen molar-refractivity contribution in [2.24, 2.45) is 34.1 Å². The number of nitrogens with zero attached hydrogens (tertiary/aromatic N) is 2. The molecule has 4 bridgehead atoms. The summed E-state index contributed by atoms with van der Waals surface area (Å²) in [6.45, 7) is 4.24. The molecular formula is C22H28N2O. The topological polar surface area (TPSA) is 53.2 Å². The SMILES string of the molecule is CC1(C#N)C=C2CCCC(C2)C1C1C2CCCC(=CC1(C)N=C=O)C2. The highest BCUT2D eigenvalue weighted by Gasteiger charge is 2.55. The second-order valence-electron chi connectivity index (χ2n) is 9.19. The minimum Gasteiger partial charge on any atom is -0.211 e. The Labute approximate surface area is 150 Å². The highest BCUT2D eigenvalue weighted by atomic mass is 16.1. The minimum absolute atomic E-state index is 0.267. The zero-order valence-corrected chi connectivity index (χ0v) is 15.4. The Kier molecular flexibility index (Phi) is 4.00. The Morgan fingerprint density at radius 1 is 1.04 bits per heavy atom.